The second-order valence-corrected chi connectivity index (χ2v) is 15.9. The van der Waals surface area contributed by atoms with Crippen LogP contribution in [-0.4, -0.2) is 87.5 Å². The van der Waals surface area contributed by atoms with E-state index >= 15 is 0 Å². The minimum Gasteiger partial charge on any atom is -0.394 e. The second-order valence-electron chi connectivity index (χ2n) is 15.9. The van der Waals surface area contributed by atoms with Crippen molar-refractivity contribution < 1.29 is 39.8 Å². The molecule has 0 saturated carbocycles. The molecule has 1 aliphatic heterocycles. The van der Waals surface area contributed by atoms with Crippen molar-refractivity contribution in [1.82, 2.24) is 5.32 Å². The van der Waals surface area contributed by atoms with Gasteiger partial charge in [0, 0.05) is 6.42 Å². The molecule has 2 unspecified atom stereocenters. The molecule has 6 N–H and O–H groups in total. The van der Waals surface area contributed by atoms with Crippen LogP contribution in [0.1, 0.15) is 206 Å². The van der Waals surface area contributed by atoms with Crippen molar-refractivity contribution in [2.24, 2.45) is 0 Å². The molecule has 1 fully saturated rings. The van der Waals surface area contributed by atoms with Gasteiger partial charge in [-0.15, -0.1) is 0 Å². The van der Waals surface area contributed by atoms with Crippen molar-refractivity contribution in [3.63, 3.8) is 0 Å². The Morgan fingerprint density at radius 1 is 0.623 bits per heavy atom. The third-order valence-electron chi connectivity index (χ3n) is 10.9. The van der Waals surface area contributed by atoms with Crippen LogP contribution in [0.5, 0.6) is 0 Å². The van der Waals surface area contributed by atoms with Gasteiger partial charge in [0.25, 0.3) is 0 Å². The van der Waals surface area contributed by atoms with Crippen molar-refractivity contribution in [2.45, 2.75) is 249 Å². The third-order valence-corrected chi connectivity index (χ3v) is 10.9. The number of hydrogen-bond donors (Lipinski definition) is 6. The maximum atomic E-state index is 12.9. The number of allylic oxidation sites excluding steroid dienone is 1. The maximum absolute atomic E-state index is 12.9. The molecule has 0 spiro atoms. The molecule has 0 aliphatic carbocycles. The van der Waals surface area contributed by atoms with Crippen molar-refractivity contribution in [2.75, 3.05) is 13.2 Å². The van der Waals surface area contributed by atoms with E-state index in [-0.39, 0.29) is 12.5 Å². The molecule has 7 atom stereocenters. The Hall–Kier alpha value is -1.07. The highest BCUT2D eigenvalue weighted by Crippen LogP contribution is 2.23. The van der Waals surface area contributed by atoms with Crippen molar-refractivity contribution in [1.29, 1.82) is 0 Å². The summed E-state index contributed by atoms with van der Waals surface area (Å²) in [4.78, 5) is 12.9. The van der Waals surface area contributed by atoms with Gasteiger partial charge >= 0.3 is 0 Å². The first-order valence-corrected chi connectivity index (χ1v) is 22.4. The van der Waals surface area contributed by atoms with Gasteiger partial charge in [0.05, 0.1) is 25.4 Å². The van der Waals surface area contributed by atoms with Gasteiger partial charge < -0.3 is 40.3 Å². The number of aliphatic hydroxyl groups is 5. The number of hydrogen-bond acceptors (Lipinski definition) is 8. The number of unbranched alkanes of at least 4 members (excludes halogenated alkanes) is 27. The van der Waals surface area contributed by atoms with Crippen LogP contribution < -0.4 is 5.32 Å². The Bertz CT molecular complexity index is 842. The molecule has 1 rings (SSSR count). The van der Waals surface area contributed by atoms with E-state index in [2.05, 4.69) is 19.2 Å². The Kier molecular flexibility index (Phi) is 33.3. The summed E-state index contributed by atoms with van der Waals surface area (Å²) in [5, 5.41) is 54.0. The highest BCUT2D eigenvalue weighted by atomic mass is 16.7. The van der Waals surface area contributed by atoms with Crippen LogP contribution in [0.3, 0.4) is 0 Å². The van der Waals surface area contributed by atoms with Gasteiger partial charge in [-0.25, -0.2) is 0 Å². The van der Waals surface area contributed by atoms with Crippen LogP contribution in [0, 0.1) is 0 Å². The molecule has 1 aliphatic rings. The lowest BCUT2D eigenvalue weighted by Gasteiger charge is -2.40. The first kappa shape index (κ1) is 49.9. The highest BCUT2D eigenvalue weighted by Gasteiger charge is 2.44. The van der Waals surface area contributed by atoms with Crippen molar-refractivity contribution >= 4 is 5.91 Å². The summed E-state index contributed by atoms with van der Waals surface area (Å²) in [5.74, 6) is -0.175. The molecule has 9 nitrogen and oxygen atoms in total. The summed E-state index contributed by atoms with van der Waals surface area (Å²) in [6, 6.07) is -0.797. The Morgan fingerprint density at radius 3 is 1.47 bits per heavy atom. The normalized spacial score (nSPS) is 21.7. The van der Waals surface area contributed by atoms with Gasteiger partial charge in [-0.1, -0.05) is 193 Å². The standard InChI is InChI=1S/C44H85NO8/c1-3-5-7-9-11-13-15-16-17-18-19-20-21-22-24-26-28-30-32-34-40(48)45-37(36-52-44-43(51)42(50)41(49)39(35-46)53-44)38(47)33-31-29-27-25-23-14-12-10-8-6-4-2/h31,33,37-39,41-44,46-47,49-51H,3-30,32,34-36H2,1-2H3,(H,45,48)/b33-31+/t37-,38+,39+,41+,42?,43?,44+/m0/s1. The van der Waals surface area contributed by atoms with Gasteiger partial charge in [0.1, 0.15) is 24.4 Å². The summed E-state index contributed by atoms with van der Waals surface area (Å²) >= 11 is 0. The van der Waals surface area contributed by atoms with Crippen LogP contribution in [-0.2, 0) is 14.3 Å². The van der Waals surface area contributed by atoms with Gasteiger partial charge in [0.2, 0.25) is 5.91 Å². The van der Waals surface area contributed by atoms with E-state index in [1.165, 1.54) is 148 Å². The van der Waals surface area contributed by atoms with E-state index in [4.69, 9.17) is 9.47 Å². The Balaban J connectivity index is 2.31. The number of amides is 1. The minimum absolute atomic E-state index is 0.175. The van der Waals surface area contributed by atoms with Gasteiger partial charge in [-0.2, -0.15) is 0 Å². The van der Waals surface area contributed by atoms with Gasteiger partial charge in [-0.3, -0.25) is 4.79 Å². The monoisotopic (exact) mass is 756 g/mol. The molecular formula is C44H85NO8. The first-order chi connectivity index (χ1) is 25.8. The smallest absolute Gasteiger partial charge is 0.220 e. The fraction of sp³-hybridized carbons (Fsp3) is 0.932. The van der Waals surface area contributed by atoms with Crippen LogP contribution >= 0.6 is 0 Å². The lowest BCUT2D eigenvalue weighted by atomic mass is 9.99. The zero-order valence-electron chi connectivity index (χ0n) is 34.3. The average molecular weight is 756 g/mol. The zero-order chi connectivity index (χ0) is 38.8. The number of aliphatic hydroxyl groups excluding tert-OH is 5. The van der Waals surface area contributed by atoms with Crippen LogP contribution in [0.4, 0.5) is 0 Å². The van der Waals surface area contributed by atoms with Crippen LogP contribution in [0.2, 0.25) is 0 Å². The predicted octanol–water partition coefficient (Wildman–Crippen LogP) is 8.95. The van der Waals surface area contributed by atoms with E-state index < -0.39 is 49.5 Å². The Morgan fingerprint density at radius 2 is 1.04 bits per heavy atom. The van der Waals surface area contributed by atoms with Crippen LogP contribution in [0.25, 0.3) is 0 Å². The highest BCUT2D eigenvalue weighted by molar-refractivity contribution is 5.76. The molecular weight excluding hydrogens is 670 g/mol. The van der Waals surface area contributed by atoms with E-state index in [1.54, 1.807) is 6.08 Å². The Labute approximate surface area is 325 Å². The molecule has 9 heteroatoms. The number of rotatable bonds is 37. The second kappa shape index (κ2) is 35.4. The van der Waals surface area contributed by atoms with E-state index in [9.17, 15) is 30.3 Å². The lowest BCUT2D eigenvalue weighted by molar-refractivity contribution is -0.302. The summed E-state index contributed by atoms with van der Waals surface area (Å²) in [7, 11) is 0. The molecule has 0 bridgehead atoms. The molecule has 0 aromatic rings. The molecule has 53 heavy (non-hydrogen) atoms. The molecule has 314 valence electrons. The fourth-order valence-corrected chi connectivity index (χ4v) is 7.21. The number of ether oxygens (including phenoxy) is 2. The van der Waals surface area contributed by atoms with Gasteiger partial charge in [-0.05, 0) is 19.3 Å². The minimum atomic E-state index is -1.56. The fourth-order valence-electron chi connectivity index (χ4n) is 7.21. The number of carbonyl (C=O) groups is 1. The van der Waals surface area contributed by atoms with E-state index in [0.717, 1.165) is 38.5 Å². The number of nitrogens with one attached hydrogen (secondary N) is 1. The third kappa shape index (κ3) is 26.4. The summed E-state index contributed by atoms with van der Waals surface area (Å²) in [6.45, 7) is 3.76. The molecule has 1 heterocycles. The summed E-state index contributed by atoms with van der Waals surface area (Å²) in [6.07, 6.45) is 32.6. The van der Waals surface area contributed by atoms with E-state index in [0.29, 0.717) is 6.42 Å². The molecule has 0 radical (unpaired) electrons. The maximum Gasteiger partial charge on any atom is 0.220 e. The molecule has 1 saturated heterocycles. The quantitative estimate of drug-likeness (QED) is 0.0272. The summed E-state index contributed by atoms with van der Waals surface area (Å²) < 4.78 is 11.2. The molecule has 0 aromatic heterocycles. The van der Waals surface area contributed by atoms with Crippen LogP contribution in [0.15, 0.2) is 12.2 Å². The van der Waals surface area contributed by atoms with Crippen molar-refractivity contribution in [3.8, 4) is 0 Å². The summed E-state index contributed by atoms with van der Waals surface area (Å²) in [5.41, 5.74) is 0. The zero-order valence-corrected chi connectivity index (χ0v) is 34.3. The average Bonchev–Trinajstić information content (AvgIpc) is 3.16. The predicted molar refractivity (Wildman–Crippen MR) is 217 cm³/mol. The first-order valence-electron chi connectivity index (χ1n) is 22.4. The largest absolute Gasteiger partial charge is 0.394 e. The van der Waals surface area contributed by atoms with Crippen molar-refractivity contribution in [3.05, 3.63) is 12.2 Å². The van der Waals surface area contributed by atoms with E-state index in [1.807, 2.05) is 6.08 Å². The lowest BCUT2D eigenvalue weighted by Crippen LogP contribution is -2.60. The SMILES string of the molecule is CCCCCCCCCCC/C=C/[C@@H](O)[C@H](CO[C@@H]1O[C@H](CO)[C@@H](O)C(O)C1O)NC(=O)CCCCCCCCCCCCCCCCCCCCC. The molecule has 0 aromatic carbocycles. The molecule has 1 amide bonds. The number of carbonyl (C=O) groups excluding carboxylic acids is 1. The topological polar surface area (TPSA) is 149 Å². The van der Waals surface area contributed by atoms with Gasteiger partial charge in [0.15, 0.2) is 6.29 Å².